The van der Waals surface area contributed by atoms with Crippen molar-refractivity contribution in [3.05, 3.63) is 0 Å². The van der Waals surface area contributed by atoms with E-state index in [0.29, 0.717) is 0 Å². The third-order valence-corrected chi connectivity index (χ3v) is 4.82. The molecule has 1 unspecified atom stereocenters. The summed E-state index contributed by atoms with van der Waals surface area (Å²) in [5, 5.41) is 3.85. The van der Waals surface area contributed by atoms with Gasteiger partial charge in [0.15, 0.2) is 0 Å². The summed E-state index contributed by atoms with van der Waals surface area (Å²) >= 11 is 0. The van der Waals surface area contributed by atoms with E-state index in [1.54, 1.807) is 0 Å². The highest BCUT2D eigenvalue weighted by Crippen LogP contribution is 2.31. The summed E-state index contributed by atoms with van der Waals surface area (Å²) in [5.41, 5.74) is 0. The zero-order chi connectivity index (χ0) is 11.4. The van der Waals surface area contributed by atoms with Gasteiger partial charge in [-0.3, -0.25) is 0 Å². The zero-order valence-electron chi connectivity index (χ0n) is 11.2. The molecule has 1 N–H and O–H groups in total. The smallest absolute Gasteiger partial charge is 0.00694 e. The van der Waals surface area contributed by atoms with Crippen molar-refractivity contribution < 1.29 is 0 Å². The van der Waals surface area contributed by atoms with Gasteiger partial charge in [-0.25, -0.2) is 0 Å². The van der Waals surface area contributed by atoms with Crippen molar-refractivity contribution in [2.24, 2.45) is 11.8 Å². The van der Waals surface area contributed by atoms with Gasteiger partial charge in [-0.05, 0) is 44.9 Å². The van der Waals surface area contributed by atoms with E-state index in [2.05, 4.69) is 19.2 Å². The quantitative estimate of drug-likeness (QED) is 0.739. The molecule has 2 rings (SSSR count). The first-order chi connectivity index (χ1) is 7.75. The molecule has 2 aliphatic carbocycles. The molecule has 0 aromatic heterocycles. The van der Waals surface area contributed by atoms with Crippen molar-refractivity contribution in [2.45, 2.75) is 83.7 Å². The summed E-state index contributed by atoms with van der Waals surface area (Å²) in [6, 6.07) is 1.48. The highest BCUT2D eigenvalue weighted by molar-refractivity contribution is 4.80. The second-order valence-corrected chi connectivity index (χ2v) is 6.29. The number of hydrogen-bond acceptors (Lipinski definition) is 1. The highest BCUT2D eigenvalue weighted by Gasteiger charge is 2.24. The van der Waals surface area contributed by atoms with E-state index in [4.69, 9.17) is 0 Å². The van der Waals surface area contributed by atoms with E-state index in [1.165, 1.54) is 57.8 Å². The van der Waals surface area contributed by atoms with Crippen LogP contribution >= 0.6 is 0 Å². The molecule has 1 heteroatoms. The molecule has 2 aliphatic rings. The van der Waals surface area contributed by atoms with Gasteiger partial charge in [-0.2, -0.15) is 0 Å². The first kappa shape index (κ1) is 12.4. The van der Waals surface area contributed by atoms with Gasteiger partial charge in [0, 0.05) is 12.1 Å². The van der Waals surface area contributed by atoms with Crippen LogP contribution in [0.15, 0.2) is 0 Å². The molecule has 94 valence electrons. The molecule has 0 heterocycles. The third-order valence-electron chi connectivity index (χ3n) is 4.82. The Morgan fingerprint density at radius 3 is 2.19 bits per heavy atom. The van der Waals surface area contributed by atoms with E-state index in [0.717, 1.165) is 23.9 Å². The minimum absolute atomic E-state index is 0.738. The Labute approximate surface area is 101 Å². The molecule has 0 saturated heterocycles. The first-order valence-electron chi connectivity index (χ1n) is 7.51. The van der Waals surface area contributed by atoms with Gasteiger partial charge in [0.25, 0.3) is 0 Å². The fourth-order valence-electron chi connectivity index (χ4n) is 3.52. The van der Waals surface area contributed by atoms with Crippen molar-refractivity contribution in [3.8, 4) is 0 Å². The Hall–Kier alpha value is -0.0400. The summed E-state index contributed by atoms with van der Waals surface area (Å²) in [6.07, 6.45) is 13.2. The molecule has 0 bridgehead atoms. The molecule has 0 aromatic rings. The molecular formula is C15H29N. The third kappa shape index (κ3) is 3.48. The van der Waals surface area contributed by atoms with E-state index in [1.807, 2.05) is 0 Å². The van der Waals surface area contributed by atoms with Crippen LogP contribution in [0.3, 0.4) is 0 Å². The summed E-state index contributed by atoms with van der Waals surface area (Å²) in [7, 11) is 0. The lowest BCUT2D eigenvalue weighted by Gasteiger charge is -2.33. The Morgan fingerprint density at radius 2 is 1.62 bits per heavy atom. The number of rotatable bonds is 5. The Bertz CT molecular complexity index is 192. The minimum Gasteiger partial charge on any atom is -0.311 e. The maximum Gasteiger partial charge on any atom is 0.00694 e. The lowest BCUT2D eigenvalue weighted by atomic mass is 9.80. The van der Waals surface area contributed by atoms with Gasteiger partial charge in [0.2, 0.25) is 0 Å². The summed E-state index contributed by atoms with van der Waals surface area (Å²) in [5.74, 6) is 2.00. The first-order valence-corrected chi connectivity index (χ1v) is 7.51. The van der Waals surface area contributed by atoms with E-state index in [9.17, 15) is 0 Å². The lowest BCUT2D eigenvalue weighted by molar-refractivity contribution is 0.226. The van der Waals surface area contributed by atoms with Crippen LogP contribution in [-0.2, 0) is 0 Å². The molecular weight excluding hydrogens is 194 g/mol. The molecule has 0 aromatic carbocycles. The van der Waals surface area contributed by atoms with Crippen LogP contribution in [0.2, 0.25) is 0 Å². The van der Waals surface area contributed by atoms with Crippen LogP contribution in [0.5, 0.6) is 0 Å². The van der Waals surface area contributed by atoms with Crippen molar-refractivity contribution in [3.63, 3.8) is 0 Å². The zero-order valence-corrected chi connectivity index (χ0v) is 11.2. The topological polar surface area (TPSA) is 12.0 Å². The van der Waals surface area contributed by atoms with E-state index in [-0.39, 0.29) is 0 Å². The van der Waals surface area contributed by atoms with Gasteiger partial charge in [-0.15, -0.1) is 0 Å². The number of hydrogen-bond donors (Lipinski definition) is 1. The standard InChI is InChI=1S/C15H29N/c1-12(11-14-7-6-8-14)16-13(2)15-9-4-3-5-10-15/h12-16H,3-11H2,1-2H3/t12?,13-/m0/s1. The molecule has 0 radical (unpaired) electrons. The molecule has 0 amide bonds. The summed E-state index contributed by atoms with van der Waals surface area (Å²) in [4.78, 5) is 0. The Balaban J connectivity index is 1.65. The van der Waals surface area contributed by atoms with Gasteiger partial charge in [-0.1, -0.05) is 38.5 Å². The molecule has 2 fully saturated rings. The van der Waals surface area contributed by atoms with Crippen molar-refractivity contribution in [1.29, 1.82) is 0 Å². The van der Waals surface area contributed by atoms with Crippen LogP contribution in [0.25, 0.3) is 0 Å². The maximum absolute atomic E-state index is 3.85. The maximum atomic E-state index is 3.85. The van der Waals surface area contributed by atoms with Gasteiger partial charge in [0.1, 0.15) is 0 Å². The normalized spacial score (nSPS) is 27.4. The molecule has 0 aliphatic heterocycles. The second-order valence-electron chi connectivity index (χ2n) is 6.29. The average molecular weight is 223 g/mol. The van der Waals surface area contributed by atoms with Gasteiger partial charge >= 0.3 is 0 Å². The molecule has 1 nitrogen and oxygen atoms in total. The van der Waals surface area contributed by atoms with E-state index >= 15 is 0 Å². The largest absolute Gasteiger partial charge is 0.311 e. The average Bonchev–Trinajstić information content (AvgIpc) is 2.25. The van der Waals surface area contributed by atoms with Crippen LogP contribution in [0.4, 0.5) is 0 Å². The van der Waals surface area contributed by atoms with E-state index < -0.39 is 0 Å². The van der Waals surface area contributed by atoms with Crippen molar-refractivity contribution >= 4 is 0 Å². The lowest BCUT2D eigenvalue weighted by Crippen LogP contribution is -2.41. The molecule has 0 spiro atoms. The molecule has 16 heavy (non-hydrogen) atoms. The van der Waals surface area contributed by atoms with Gasteiger partial charge < -0.3 is 5.32 Å². The van der Waals surface area contributed by atoms with Crippen molar-refractivity contribution in [1.82, 2.24) is 5.32 Å². The second kappa shape index (κ2) is 6.05. The SMILES string of the molecule is CC(CC1CCC1)N[C@@H](C)C1CCCCC1. The number of nitrogens with one attached hydrogen (secondary N) is 1. The highest BCUT2D eigenvalue weighted by atomic mass is 14.9. The van der Waals surface area contributed by atoms with Gasteiger partial charge in [0.05, 0.1) is 0 Å². The fourth-order valence-corrected chi connectivity index (χ4v) is 3.52. The van der Waals surface area contributed by atoms with Crippen LogP contribution in [0, 0.1) is 11.8 Å². The molecule has 2 saturated carbocycles. The molecule has 2 atom stereocenters. The monoisotopic (exact) mass is 223 g/mol. The predicted octanol–water partition coefficient (Wildman–Crippen LogP) is 4.12. The van der Waals surface area contributed by atoms with Crippen molar-refractivity contribution in [2.75, 3.05) is 0 Å². The summed E-state index contributed by atoms with van der Waals surface area (Å²) < 4.78 is 0. The summed E-state index contributed by atoms with van der Waals surface area (Å²) in [6.45, 7) is 4.80. The van der Waals surface area contributed by atoms with Crippen LogP contribution < -0.4 is 5.32 Å². The van der Waals surface area contributed by atoms with Crippen LogP contribution in [0.1, 0.15) is 71.6 Å². The van der Waals surface area contributed by atoms with Crippen LogP contribution in [-0.4, -0.2) is 12.1 Å². The Morgan fingerprint density at radius 1 is 0.938 bits per heavy atom. The minimum atomic E-state index is 0.738. The fraction of sp³-hybridized carbons (Fsp3) is 1.00. The predicted molar refractivity (Wildman–Crippen MR) is 70.6 cm³/mol. The Kier molecular flexibility index (Phi) is 4.69.